The van der Waals surface area contributed by atoms with Crippen molar-refractivity contribution >= 4 is 33.6 Å². The van der Waals surface area contributed by atoms with Crippen molar-refractivity contribution in [3.8, 4) is 0 Å². The Bertz CT molecular complexity index is 810. The van der Waals surface area contributed by atoms with Crippen LogP contribution >= 0.6 is 0 Å². The zero-order valence-corrected chi connectivity index (χ0v) is 10.8. The molecule has 2 heterocycles. The van der Waals surface area contributed by atoms with Gasteiger partial charge in [-0.25, -0.2) is 4.79 Å². The van der Waals surface area contributed by atoms with Crippen molar-refractivity contribution in [3.63, 3.8) is 0 Å². The van der Waals surface area contributed by atoms with Gasteiger partial charge in [-0.05, 0) is 31.2 Å². The maximum Gasteiger partial charge on any atom is 0.506 e. The summed E-state index contributed by atoms with van der Waals surface area (Å²) >= 11 is 0. The van der Waals surface area contributed by atoms with E-state index in [1.165, 1.54) is 0 Å². The molecular formula is C14H13N3O3. The molecule has 0 bridgehead atoms. The number of nitrogens with zero attached hydrogens (tertiary/aromatic N) is 1. The van der Waals surface area contributed by atoms with Gasteiger partial charge in [0.15, 0.2) is 0 Å². The lowest BCUT2D eigenvalue weighted by Crippen LogP contribution is -2.07. The Kier molecular flexibility index (Phi) is 2.71. The molecule has 0 fully saturated rings. The average Bonchev–Trinajstić information content (AvgIpc) is 2.75. The molecule has 1 unspecified atom stereocenters. The van der Waals surface area contributed by atoms with Crippen LogP contribution in [0.2, 0.25) is 0 Å². The quantitative estimate of drug-likeness (QED) is 0.491. The summed E-state index contributed by atoms with van der Waals surface area (Å²) in [6, 6.07) is 7.43. The molecular weight excluding hydrogens is 258 g/mol. The van der Waals surface area contributed by atoms with Crippen molar-refractivity contribution < 1.29 is 14.6 Å². The van der Waals surface area contributed by atoms with E-state index in [1.54, 1.807) is 13.1 Å². The lowest BCUT2D eigenvalue weighted by Gasteiger charge is -2.10. The van der Waals surface area contributed by atoms with Gasteiger partial charge < -0.3 is 20.6 Å². The topological polar surface area (TPSA) is 101 Å². The number of carbonyl (C=O) groups is 1. The zero-order chi connectivity index (χ0) is 14.3. The largest absolute Gasteiger partial charge is 0.506 e. The third-order valence-corrected chi connectivity index (χ3v) is 3.24. The molecule has 1 atom stereocenters. The number of hydrogen-bond acceptors (Lipinski definition) is 4. The van der Waals surface area contributed by atoms with E-state index < -0.39 is 12.3 Å². The van der Waals surface area contributed by atoms with E-state index in [1.807, 2.05) is 24.3 Å². The molecule has 4 N–H and O–H groups in total. The van der Waals surface area contributed by atoms with Crippen LogP contribution in [0, 0.1) is 0 Å². The number of hydrogen-bond donors (Lipinski definition) is 3. The van der Waals surface area contributed by atoms with Crippen molar-refractivity contribution in [1.82, 2.24) is 9.97 Å². The number of nitrogens with one attached hydrogen (secondary N) is 1. The first-order valence-corrected chi connectivity index (χ1v) is 6.11. The van der Waals surface area contributed by atoms with Crippen molar-refractivity contribution in [2.24, 2.45) is 0 Å². The minimum Gasteiger partial charge on any atom is -0.450 e. The predicted molar refractivity (Wildman–Crippen MR) is 75.5 cm³/mol. The number of benzene rings is 1. The number of rotatable bonds is 2. The van der Waals surface area contributed by atoms with E-state index >= 15 is 0 Å². The molecule has 0 saturated carbocycles. The molecule has 0 aliphatic carbocycles. The van der Waals surface area contributed by atoms with Gasteiger partial charge in [0.2, 0.25) is 0 Å². The molecule has 6 heteroatoms. The minimum atomic E-state index is -1.32. The normalized spacial score (nSPS) is 12.7. The lowest BCUT2D eigenvalue weighted by molar-refractivity contribution is 0.0576. The van der Waals surface area contributed by atoms with Crippen LogP contribution in [0.4, 0.5) is 10.5 Å². The lowest BCUT2D eigenvalue weighted by atomic mass is 10.1. The number of nitrogens with two attached hydrogens (primary N) is 1. The molecule has 2 aromatic heterocycles. The second-order valence-corrected chi connectivity index (χ2v) is 4.57. The number of nitrogen functional groups attached to an aromatic ring is 1. The monoisotopic (exact) mass is 271 g/mol. The van der Waals surface area contributed by atoms with E-state index in [0.29, 0.717) is 11.4 Å². The highest BCUT2D eigenvalue weighted by Crippen LogP contribution is 2.31. The van der Waals surface area contributed by atoms with Gasteiger partial charge in [-0.2, -0.15) is 0 Å². The number of fused-ring (bicyclic) bond motifs is 3. The molecule has 0 radical (unpaired) electrons. The fourth-order valence-electron chi connectivity index (χ4n) is 2.38. The average molecular weight is 271 g/mol. The standard InChI is InChI=1S/C14H13N3O3/c1-7(20-14(18)19)12-13-9(4-5-16-12)10-6-8(15)2-3-11(10)17-13/h2-7,17H,15H2,1H3,(H,18,19). The Labute approximate surface area is 114 Å². The van der Waals surface area contributed by atoms with Crippen molar-refractivity contribution in [2.45, 2.75) is 13.0 Å². The molecule has 0 saturated heterocycles. The molecule has 0 amide bonds. The van der Waals surface area contributed by atoms with Crippen molar-refractivity contribution in [1.29, 1.82) is 0 Å². The first-order valence-electron chi connectivity index (χ1n) is 6.11. The highest BCUT2D eigenvalue weighted by molar-refractivity contribution is 6.08. The number of aromatic nitrogens is 2. The van der Waals surface area contributed by atoms with Gasteiger partial charge >= 0.3 is 6.16 Å². The molecule has 102 valence electrons. The van der Waals surface area contributed by atoms with Gasteiger partial charge in [0.25, 0.3) is 0 Å². The van der Waals surface area contributed by atoms with Crippen LogP contribution in [-0.4, -0.2) is 21.2 Å². The van der Waals surface area contributed by atoms with E-state index in [-0.39, 0.29) is 0 Å². The zero-order valence-electron chi connectivity index (χ0n) is 10.8. The maximum absolute atomic E-state index is 10.7. The van der Waals surface area contributed by atoms with E-state index in [9.17, 15) is 4.79 Å². The van der Waals surface area contributed by atoms with Crippen LogP contribution in [0.25, 0.3) is 21.8 Å². The smallest absolute Gasteiger partial charge is 0.450 e. The third kappa shape index (κ3) is 1.91. The number of H-pyrrole nitrogens is 1. The molecule has 0 aliphatic rings. The Morgan fingerprint density at radius 1 is 1.40 bits per heavy atom. The molecule has 1 aromatic carbocycles. The Hall–Kier alpha value is -2.76. The van der Waals surface area contributed by atoms with Crippen LogP contribution in [0.15, 0.2) is 30.5 Å². The highest BCUT2D eigenvalue weighted by Gasteiger charge is 2.17. The van der Waals surface area contributed by atoms with Crippen molar-refractivity contribution in [3.05, 3.63) is 36.2 Å². The fraction of sp³-hybridized carbons (Fsp3) is 0.143. The number of pyridine rings is 1. The van der Waals surface area contributed by atoms with Gasteiger partial charge in [-0.1, -0.05) is 0 Å². The van der Waals surface area contributed by atoms with Crippen LogP contribution in [0.3, 0.4) is 0 Å². The van der Waals surface area contributed by atoms with E-state index in [0.717, 1.165) is 21.8 Å². The van der Waals surface area contributed by atoms with Crippen LogP contribution < -0.4 is 5.73 Å². The van der Waals surface area contributed by atoms with E-state index in [4.69, 9.17) is 15.6 Å². The Morgan fingerprint density at radius 2 is 2.20 bits per heavy atom. The first kappa shape index (κ1) is 12.3. The van der Waals surface area contributed by atoms with Gasteiger partial charge in [-0.15, -0.1) is 0 Å². The number of carboxylic acid groups (broad SMARTS) is 1. The van der Waals surface area contributed by atoms with Crippen LogP contribution in [-0.2, 0) is 4.74 Å². The molecule has 0 aliphatic heterocycles. The van der Waals surface area contributed by atoms with Gasteiger partial charge in [0.05, 0.1) is 5.52 Å². The predicted octanol–water partition coefficient (Wildman–Crippen LogP) is 3.05. The van der Waals surface area contributed by atoms with Crippen LogP contribution in [0.5, 0.6) is 0 Å². The summed E-state index contributed by atoms with van der Waals surface area (Å²) in [5.74, 6) is 0. The third-order valence-electron chi connectivity index (χ3n) is 3.24. The summed E-state index contributed by atoms with van der Waals surface area (Å²) in [5, 5.41) is 10.6. The molecule has 6 nitrogen and oxygen atoms in total. The Morgan fingerprint density at radius 3 is 2.95 bits per heavy atom. The summed E-state index contributed by atoms with van der Waals surface area (Å²) in [5.41, 5.74) is 8.72. The SMILES string of the molecule is CC(OC(=O)O)c1nccc2c1[nH]c1ccc(N)cc12. The number of anilines is 1. The maximum atomic E-state index is 10.7. The summed E-state index contributed by atoms with van der Waals surface area (Å²) in [4.78, 5) is 18.1. The Balaban J connectivity index is 2.24. The minimum absolute atomic E-state index is 0.555. The molecule has 20 heavy (non-hydrogen) atoms. The summed E-state index contributed by atoms with van der Waals surface area (Å²) in [6.07, 6.45) is -0.339. The second-order valence-electron chi connectivity index (χ2n) is 4.57. The number of aromatic amines is 1. The van der Waals surface area contributed by atoms with Gasteiger partial charge in [0, 0.05) is 28.2 Å². The molecule has 0 spiro atoms. The van der Waals surface area contributed by atoms with Crippen molar-refractivity contribution in [2.75, 3.05) is 5.73 Å². The number of ether oxygens (including phenoxy) is 1. The van der Waals surface area contributed by atoms with Gasteiger partial charge in [0.1, 0.15) is 11.8 Å². The molecule has 3 rings (SSSR count). The van der Waals surface area contributed by atoms with Gasteiger partial charge in [-0.3, -0.25) is 4.98 Å². The second kappa shape index (κ2) is 4.41. The van der Waals surface area contributed by atoms with Crippen LogP contribution in [0.1, 0.15) is 18.7 Å². The highest BCUT2D eigenvalue weighted by atomic mass is 16.7. The summed E-state index contributed by atoms with van der Waals surface area (Å²) in [6.45, 7) is 1.65. The summed E-state index contributed by atoms with van der Waals surface area (Å²) < 4.78 is 4.77. The fourth-order valence-corrected chi connectivity index (χ4v) is 2.38. The molecule has 3 aromatic rings. The van der Waals surface area contributed by atoms with E-state index in [2.05, 4.69) is 9.97 Å². The summed E-state index contributed by atoms with van der Waals surface area (Å²) in [7, 11) is 0. The first-order chi connectivity index (χ1) is 9.56.